The SMILES string of the molecule is CCCCCCCN1C(=O)CC(C)(C)c2cc(C(=O)/C=C/c3ccc(C(=O)O)cc3)ccc21. The number of ketones is 1. The smallest absolute Gasteiger partial charge is 0.335 e. The van der Waals surface area contributed by atoms with E-state index in [2.05, 4.69) is 20.8 Å². The van der Waals surface area contributed by atoms with E-state index in [-0.39, 0.29) is 22.7 Å². The molecule has 0 bridgehead atoms. The molecule has 2 aromatic rings. The van der Waals surface area contributed by atoms with Crippen LogP contribution in [0, 0.1) is 0 Å². The number of allylic oxidation sites excluding steroid dienone is 1. The molecule has 1 aliphatic heterocycles. The molecular formula is C28H33NO4. The van der Waals surface area contributed by atoms with Gasteiger partial charge in [-0.2, -0.15) is 0 Å². The summed E-state index contributed by atoms with van der Waals surface area (Å²) in [4.78, 5) is 38.6. The van der Waals surface area contributed by atoms with Crippen LogP contribution >= 0.6 is 0 Å². The highest BCUT2D eigenvalue weighted by molar-refractivity contribution is 6.08. The number of carbonyl (C=O) groups excluding carboxylic acids is 2. The fourth-order valence-electron chi connectivity index (χ4n) is 4.29. The highest BCUT2D eigenvalue weighted by Gasteiger charge is 2.36. The Bertz CT molecular complexity index is 1050. The Kier molecular flexibility index (Phi) is 7.85. The molecule has 1 N–H and O–H groups in total. The topological polar surface area (TPSA) is 74.7 Å². The summed E-state index contributed by atoms with van der Waals surface area (Å²) in [5.74, 6) is -0.961. The summed E-state index contributed by atoms with van der Waals surface area (Å²) in [5, 5.41) is 9.00. The van der Waals surface area contributed by atoms with Crippen LogP contribution in [-0.2, 0) is 10.2 Å². The highest BCUT2D eigenvalue weighted by atomic mass is 16.4. The first-order chi connectivity index (χ1) is 15.7. The highest BCUT2D eigenvalue weighted by Crippen LogP contribution is 2.41. The molecule has 0 unspecified atom stereocenters. The molecule has 0 aliphatic carbocycles. The minimum absolute atomic E-state index is 0.126. The summed E-state index contributed by atoms with van der Waals surface area (Å²) in [5.41, 5.74) is 3.15. The predicted octanol–water partition coefficient (Wildman–Crippen LogP) is 6.27. The van der Waals surface area contributed by atoms with Gasteiger partial charge in [0.05, 0.1) is 5.56 Å². The maximum absolute atomic E-state index is 12.8. The Labute approximate surface area is 196 Å². The standard InChI is InChI=1S/C28H33NO4/c1-4-5-6-7-8-17-29-24-15-14-22(18-23(24)28(2,3)19-26(29)31)25(30)16-11-20-9-12-21(13-10-20)27(32)33/h9-16,18H,4-8,17,19H2,1-3H3,(H,32,33)/b16-11+. The molecule has 0 spiro atoms. The fourth-order valence-corrected chi connectivity index (χ4v) is 4.29. The number of carboxylic acid groups (broad SMARTS) is 1. The van der Waals surface area contributed by atoms with Gasteiger partial charge in [-0.25, -0.2) is 4.79 Å². The molecule has 2 aromatic carbocycles. The largest absolute Gasteiger partial charge is 0.478 e. The van der Waals surface area contributed by atoms with Crippen molar-refractivity contribution in [2.45, 2.75) is 64.7 Å². The molecule has 1 aliphatic rings. The van der Waals surface area contributed by atoms with E-state index < -0.39 is 5.97 Å². The molecule has 0 atom stereocenters. The fraction of sp³-hybridized carbons (Fsp3) is 0.393. The van der Waals surface area contributed by atoms with Crippen molar-refractivity contribution in [3.8, 4) is 0 Å². The number of carbonyl (C=O) groups is 3. The van der Waals surface area contributed by atoms with Gasteiger partial charge in [0.15, 0.2) is 5.78 Å². The van der Waals surface area contributed by atoms with Gasteiger partial charge in [0, 0.05) is 29.6 Å². The van der Waals surface area contributed by atoms with E-state index in [1.807, 2.05) is 17.0 Å². The molecule has 0 saturated heterocycles. The van der Waals surface area contributed by atoms with E-state index in [1.54, 1.807) is 24.3 Å². The number of nitrogens with zero attached hydrogens (tertiary/aromatic N) is 1. The van der Waals surface area contributed by atoms with Crippen LogP contribution in [0.15, 0.2) is 48.5 Å². The van der Waals surface area contributed by atoms with Gasteiger partial charge in [0.25, 0.3) is 0 Å². The Balaban J connectivity index is 1.78. The summed E-state index contributed by atoms with van der Waals surface area (Å²) in [7, 11) is 0. The van der Waals surface area contributed by atoms with Gasteiger partial charge in [-0.15, -0.1) is 0 Å². The van der Waals surface area contributed by atoms with Gasteiger partial charge in [0.1, 0.15) is 0 Å². The van der Waals surface area contributed by atoms with Gasteiger partial charge < -0.3 is 10.0 Å². The maximum atomic E-state index is 12.8. The Morgan fingerprint density at radius 3 is 2.33 bits per heavy atom. The minimum Gasteiger partial charge on any atom is -0.478 e. The summed E-state index contributed by atoms with van der Waals surface area (Å²) >= 11 is 0. The van der Waals surface area contributed by atoms with E-state index in [0.717, 1.165) is 29.7 Å². The van der Waals surface area contributed by atoms with Crippen molar-refractivity contribution in [1.29, 1.82) is 0 Å². The number of hydrogen-bond donors (Lipinski definition) is 1. The minimum atomic E-state index is -0.980. The molecule has 33 heavy (non-hydrogen) atoms. The Morgan fingerprint density at radius 1 is 1.00 bits per heavy atom. The first-order valence-corrected chi connectivity index (χ1v) is 11.7. The van der Waals surface area contributed by atoms with E-state index in [1.165, 1.54) is 37.5 Å². The third kappa shape index (κ3) is 5.98. The average molecular weight is 448 g/mol. The van der Waals surface area contributed by atoms with Crippen LogP contribution in [0.3, 0.4) is 0 Å². The average Bonchev–Trinajstić information content (AvgIpc) is 2.79. The molecule has 3 rings (SSSR count). The second-order valence-electron chi connectivity index (χ2n) is 9.38. The number of benzene rings is 2. The van der Waals surface area contributed by atoms with Crippen LogP contribution in [0.1, 0.15) is 91.1 Å². The number of carboxylic acids is 1. The Morgan fingerprint density at radius 2 is 1.67 bits per heavy atom. The lowest BCUT2D eigenvalue weighted by atomic mass is 9.76. The molecule has 0 saturated carbocycles. The zero-order chi connectivity index (χ0) is 24.0. The van der Waals surface area contributed by atoms with Gasteiger partial charge >= 0.3 is 5.97 Å². The number of aromatic carboxylic acids is 1. The lowest BCUT2D eigenvalue weighted by Gasteiger charge is -2.39. The van der Waals surface area contributed by atoms with Crippen molar-refractivity contribution >= 4 is 29.4 Å². The molecule has 0 radical (unpaired) electrons. The Hall–Kier alpha value is -3.21. The van der Waals surface area contributed by atoms with Crippen molar-refractivity contribution in [2.24, 2.45) is 0 Å². The van der Waals surface area contributed by atoms with Crippen LogP contribution in [-0.4, -0.2) is 29.3 Å². The maximum Gasteiger partial charge on any atom is 0.335 e. The number of amides is 1. The van der Waals surface area contributed by atoms with Crippen LogP contribution in [0.25, 0.3) is 6.08 Å². The molecular weight excluding hydrogens is 414 g/mol. The molecule has 1 amide bonds. The number of rotatable bonds is 10. The molecule has 5 heteroatoms. The molecule has 174 valence electrons. The molecule has 5 nitrogen and oxygen atoms in total. The van der Waals surface area contributed by atoms with Crippen molar-refractivity contribution in [3.63, 3.8) is 0 Å². The quantitative estimate of drug-likeness (QED) is 0.265. The number of fused-ring (bicyclic) bond motifs is 1. The van der Waals surface area contributed by atoms with Crippen molar-refractivity contribution in [3.05, 3.63) is 70.8 Å². The van der Waals surface area contributed by atoms with E-state index in [9.17, 15) is 14.4 Å². The summed E-state index contributed by atoms with van der Waals surface area (Å²) in [6, 6.07) is 12.0. The van der Waals surface area contributed by atoms with Gasteiger partial charge in [-0.1, -0.05) is 64.7 Å². The normalized spacial score (nSPS) is 15.0. The van der Waals surface area contributed by atoms with Gasteiger partial charge in [-0.05, 0) is 54.0 Å². The number of hydrogen-bond acceptors (Lipinski definition) is 3. The molecule has 0 aromatic heterocycles. The lowest BCUT2D eigenvalue weighted by Crippen LogP contribution is -2.42. The summed E-state index contributed by atoms with van der Waals surface area (Å²) in [6.07, 6.45) is 9.32. The van der Waals surface area contributed by atoms with Crippen LogP contribution in [0.5, 0.6) is 0 Å². The first-order valence-electron chi connectivity index (χ1n) is 11.7. The second kappa shape index (κ2) is 10.6. The van der Waals surface area contributed by atoms with Crippen LogP contribution in [0.4, 0.5) is 5.69 Å². The zero-order valence-electron chi connectivity index (χ0n) is 19.8. The van der Waals surface area contributed by atoms with Crippen molar-refractivity contribution in [2.75, 3.05) is 11.4 Å². The number of anilines is 1. The predicted molar refractivity (Wildman–Crippen MR) is 132 cm³/mol. The van der Waals surface area contributed by atoms with Crippen LogP contribution < -0.4 is 4.90 Å². The third-order valence-corrected chi connectivity index (χ3v) is 6.27. The number of unbranched alkanes of at least 4 members (excludes halogenated alkanes) is 4. The molecule has 0 fully saturated rings. The van der Waals surface area contributed by atoms with E-state index in [4.69, 9.17) is 5.11 Å². The second-order valence-corrected chi connectivity index (χ2v) is 9.38. The van der Waals surface area contributed by atoms with Crippen molar-refractivity contribution < 1.29 is 19.5 Å². The van der Waals surface area contributed by atoms with Crippen molar-refractivity contribution in [1.82, 2.24) is 0 Å². The van der Waals surface area contributed by atoms with E-state index in [0.29, 0.717) is 18.5 Å². The first kappa shape index (κ1) is 24.4. The monoisotopic (exact) mass is 447 g/mol. The van der Waals surface area contributed by atoms with Gasteiger partial charge in [0.2, 0.25) is 5.91 Å². The van der Waals surface area contributed by atoms with E-state index >= 15 is 0 Å². The van der Waals surface area contributed by atoms with Gasteiger partial charge in [-0.3, -0.25) is 9.59 Å². The molecule has 1 heterocycles. The lowest BCUT2D eigenvalue weighted by molar-refractivity contribution is -0.120. The summed E-state index contributed by atoms with van der Waals surface area (Å²) < 4.78 is 0. The third-order valence-electron chi connectivity index (χ3n) is 6.27. The summed E-state index contributed by atoms with van der Waals surface area (Å²) in [6.45, 7) is 7.01. The zero-order valence-corrected chi connectivity index (χ0v) is 19.8. The van der Waals surface area contributed by atoms with Crippen LogP contribution in [0.2, 0.25) is 0 Å².